The lowest BCUT2D eigenvalue weighted by Crippen LogP contribution is -2.27. The minimum Gasteiger partial charge on any atom is -0.487 e. The van der Waals surface area contributed by atoms with Crippen molar-refractivity contribution in [2.75, 3.05) is 11.9 Å². The number of ether oxygens (including phenoxy) is 1. The van der Waals surface area contributed by atoms with Gasteiger partial charge in [-0.3, -0.25) is 0 Å². The minimum atomic E-state index is -0.237. The van der Waals surface area contributed by atoms with Crippen LogP contribution in [-0.4, -0.2) is 12.6 Å². The van der Waals surface area contributed by atoms with Crippen molar-refractivity contribution in [2.45, 2.75) is 13.0 Å². The van der Waals surface area contributed by atoms with E-state index in [1.54, 1.807) is 6.07 Å². The number of rotatable bonds is 0. The van der Waals surface area contributed by atoms with Crippen LogP contribution in [0.15, 0.2) is 18.2 Å². The van der Waals surface area contributed by atoms with Crippen molar-refractivity contribution in [1.82, 2.24) is 0 Å². The van der Waals surface area contributed by atoms with E-state index in [0.717, 1.165) is 18.0 Å². The molecule has 2 nitrogen and oxygen atoms in total. The van der Waals surface area contributed by atoms with Gasteiger partial charge in [-0.15, -0.1) is 0 Å². The van der Waals surface area contributed by atoms with Crippen LogP contribution in [-0.2, 0) is 0 Å². The van der Waals surface area contributed by atoms with Crippen LogP contribution in [0.3, 0.4) is 0 Å². The Morgan fingerprint density at radius 2 is 2.42 bits per heavy atom. The quantitative estimate of drug-likeness (QED) is 0.638. The summed E-state index contributed by atoms with van der Waals surface area (Å²) in [6.45, 7) is 2.70. The molecule has 1 heterocycles. The Balaban J connectivity index is 2.37. The number of nitrogens with one attached hydrogen (secondary N) is 1. The number of anilines is 1. The molecule has 0 spiro atoms. The van der Waals surface area contributed by atoms with Crippen molar-refractivity contribution in [2.24, 2.45) is 0 Å². The van der Waals surface area contributed by atoms with Gasteiger partial charge in [0.15, 0.2) is 0 Å². The molecule has 0 bridgehead atoms. The third-order valence-corrected chi connectivity index (χ3v) is 1.85. The third kappa shape index (κ3) is 1.22. The average molecular weight is 167 g/mol. The molecule has 2 rings (SSSR count). The minimum absolute atomic E-state index is 0.156. The molecular weight excluding hydrogens is 157 g/mol. The lowest BCUT2D eigenvalue weighted by atomic mass is 10.2. The van der Waals surface area contributed by atoms with Crippen LogP contribution in [0, 0.1) is 5.82 Å². The van der Waals surface area contributed by atoms with Gasteiger partial charge in [0.1, 0.15) is 17.7 Å². The van der Waals surface area contributed by atoms with Crippen LogP contribution in [0.5, 0.6) is 5.75 Å². The zero-order chi connectivity index (χ0) is 8.55. The summed E-state index contributed by atoms with van der Waals surface area (Å²) in [5.74, 6) is 0.495. The van der Waals surface area contributed by atoms with Gasteiger partial charge in [0.05, 0.1) is 12.2 Å². The smallest absolute Gasteiger partial charge is 0.143 e. The highest BCUT2D eigenvalue weighted by molar-refractivity contribution is 5.57. The Morgan fingerprint density at radius 1 is 1.58 bits per heavy atom. The van der Waals surface area contributed by atoms with E-state index in [2.05, 4.69) is 5.32 Å². The van der Waals surface area contributed by atoms with Gasteiger partial charge < -0.3 is 10.1 Å². The molecule has 3 heteroatoms. The molecule has 0 radical (unpaired) electrons. The Kier molecular flexibility index (Phi) is 1.64. The van der Waals surface area contributed by atoms with Gasteiger partial charge in [0.2, 0.25) is 0 Å². The topological polar surface area (TPSA) is 21.3 Å². The molecule has 1 aliphatic rings. The lowest BCUT2D eigenvalue weighted by Gasteiger charge is -2.24. The lowest BCUT2D eigenvalue weighted by molar-refractivity contribution is 0.225. The van der Waals surface area contributed by atoms with E-state index in [1.165, 1.54) is 12.1 Å². The number of hydrogen-bond acceptors (Lipinski definition) is 2. The van der Waals surface area contributed by atoms with Gasteiger partial charge >= 0.3 is 0 Å². The molecule has 0 amide bonds. The molecule has 0 saturated heterocycles. The van der Waals surface area contributed by atoms with Crippen LogP contribution in [0.2, 0.25) is 0 Å². The normalized spacial score (nSPS) is 20.7. The summed E-state index contributed by atoms with van der Waals surface area (Å²) in [6.07, 6.45) is 0.156. The van der Waals surface area contributed by atoms with Crippen LogP contribution >= 0.6 is 0 Å². The molecule has 1 N–H and O–H groups in total. The predicted octanol–water partition coefficient (Wildman–Crippen LogP) is 2.02. The molecule has 1 aromatic rings. The summed E-state index contributed by atoms with van der Waals surface area (Å²) in [5, 5.41) is 3.09. The molecule has 1 unspecified atom stereocenters. The first-order valence-electron chi connectivity index (χ1n) is 3.96. The Labute approximate surface area is 70.3 Å². The van der Waals surface area contributed by atoms with E-state index in [1.807, 2.05) is 6.92 Å². The Hall–Kier alpha value is -1.25. The fraction of sp³-hybridized carbons (Fsp3) is 0.333. The molecule has 12 heavy (non-hydrogen) atoms. The van der Waals surface area contributed by atoms with E-state index < -0.39 is 0 Å². The van der Waals surface area contributed by atoms with Crippen molar-refractivity contribution in [3.05, 3.63) is 24.0 Å². The maximum Gasteiger partial charge on any atom is 0.143 e. The molecule has 1 aliphatic heterocycles. The zero-order valence-electron chi connectivity index (χ0n) is 6.80. The maximum atomic E-state index is 12.7. The summed E-state index contributed by atoms with van der Waals surface area (Å²) in [5.41, 5.74) is 0.744. The summed E-state index contributed by atoms with van der Waals surface area (Å²) in [7, 11) is 0. The van der Waals surface area contributed by atoms with Crippen molar-refractivity contribution in [3.8, 4) is 5.75 Å². The Morgan fingerprint density at radius 3 is 3.25 bits per heavy atom. The van der Waals surface area contributed by atoms with Crippen LogP contribution in [0.1, 0.15) is 6.92 Å². The van der Waals surface area contributed by atoms with Crippen molar-refractivity contribution >= 4 is 5.69 Å². The molecule has 0 saturated carbocycles. The van der Waals surface area contributed by atoms with Crippen molar-refractivity contribution in [1.29, 1.82) is 0 Å². The van der Waals surface area contributed by atoms with Gasteiger partial charge in [-0.1, -0.05) is 0 Å². The van der Waals surface area contributed by atoms with Gasteiger partial charge in [-0.05, 0) is 19.1 Å². The number of fused-ring (bicyclic) bond motifs is 1. The number of hydrogen-bond donors (Lipinski definition) is 1. The molecule has 1 aromatic carbocycles. The van der Waals surface area contributed by atoms with E-state index in [4.69, 9.17) is 4.74 Å². The van der Waals surface area contributed by atoms with Gasteiger partial charge in [-0.25, -0.2) is 4.39 Å². The van der Waals surface area contributed by atoms with Gasteiger partial charge in [0, 0.05) is 6.07 Å². The molecule has 0 aliphatic carbocycles. The summed E-state index contributed by atoms with van der Waals surface area (Å²) in [6, 6.07) is 4.49. The summed E-state index contributed by atoms with van der Waals surface area (Å²) >= 11 is 0. The fourth-order valence-electron chi connectivity index (χ4n) is 1.26. The molecular formula is C9H10FNO. The molecule has 1 atom stereocenters. The fourth-order valence-corrected chi connectivity index (χ4v) is 1.26. The van der Waals surface area contributed by atoms with E-state index in [-0.39, 0.29) is 11.9 Å². The van der Waals surface area contributed by atoms with Crippen LogP contribution < -0.4 is 10.1 Å². The van der Waals surface area contributed by atoms with Gasteiger partial charge in [0.25, 0.3) is 0 Å². The third-order valence-electron chi connectivity index (χ3n) is 1.85. The first-order valence-corrected chi connectivity index (χ1v) is 3.96. The number of benzene rings is 1. The molecule has 0 fully saturated rings. The van der Waals surface area contributed by atoms with Crippen LogP contribution in [0.4, 0.5) is 10.1 Å². The highest BCUT2D eigenvalue weighted by Gasteiger charge is 2.14. The van der Waals surface area contributed by atoms with Crippen molar-refractivity contribution < 1.29 is 9.13 Å². The highest BCUT2D eigenvalue weighted by atomic mass is 19.1. The summed E-state index contributed by atoms with van der Waals surface area (Å²) < 4.78 is 18.2. The Bertz CT molecular complexity index is 301. The summed E-state index contributed by atoms with van der Waals surface area (Å²) in [4.78, 5) is 0. The second kappa shape index (κ2) is 2.66. The SMILES string of the molecule is CC1CNc2cc(F)ccc2O1. The average Bonchev–Trinajstić information content (AvgIpc) is 2.05. The zero-order valence-corrected chi connectivity index (χ0v) is 6.80. The largest absolute Gasteiger partial charge is 0.487 e. The predicted molar refractivity (Wildman–Crippen MR) is 45.0 cm³/mol. The van der Waals surface area contributed by atoms with E-state index >= 15 is 0 Å². The standard InChI is InChI=1S/C9H10FNO/c1-6-5-11-8-4-7(10)2-3-9(8)12-6/h2-4,6,11H,5H2,1H3. The first kappa shape index (κ1) is 7.40. The molecule has 0 aromatic heterocycles. The van der Waals surface area contributed by atoms with Crippen molar-refractivity contribution in [3.63, 3.8) is 0 Å². The number of halogens is 1. The first-order chi connectivity index (χ1) is 5.75. The van der Waals surface area contributed by atoms with E-state index in [9.17, 15) is 4.39 Å². The molecule has 64 valence electrons. The van der Waals surface area contributed by atoms with E-state index in [0.29, 0.717) is 0 Å². The van der Waals surface area contributed by atoms with Crippen LogP contribution in [0.25, 0.3) is 0 Å². The monoisotopic (exact) mass is 167 g/mol. The maximum absolute atomic E-state index is 12.7. The second-order valence-corrected chi connectivity index (χ2v) is 2.95. The second-order valence-electron chi connectivity index (χ2n) is 2.95. The highest BCUT2D eigenvalue weighted by Crippen LogP contribution is 2.29. The van der Waals surface area contributed by atoms with Gasteiger partial charge in [-0.2, -0.15) is 0 Å².